The first-order valence-electron chi connectivity index (χ1n) is 12.4. The molecule has 0 saturated heterocycles. The Morgan fingerprint density at radius 2 is 1.81 bits per heavy atom. The number of nitrogens with one attached hydrogen (secondary N) is 1. The third-order valence-corrected chi connectivity index (χ3v) is 6.33. The summed E-state index contributed by atoms with van der Waals surface area (Å²) in [4.78, 5) is 25.1. The SMILES string of the molecule is CCOC(=O)c1c(-c2cccc(NC(C)=O)c2)c2ccccc2n1Cc1cccc(OCC2CC2)c1. The van der Waals surface area contributed by atoms with Gasteiger partial charge in [-0.05, 0) is 67.1 Å². The minimum atomic E-state index is -0.380. The van der Waals surface area contributed by atoms with Crippen LogP contribution in [-0.4, -0.2) is 29.7 Å². The van der Waals surface area contributed by atoms with Gasteiger partial charge in [0.05, 0.1) is 13.2 Å². The van der Waals surface area contributed by atoms with Gasteiger partial charge in [-0.2, -0.15) is 0 Å². The summed E-state index contributed by atoms with van der Waals surface area (Å²) in [5.74, 6) is 0.990. The summed E-state index contributed by atoms with van der Waals surface area (Å²) in [6.45, 7) is 4.80. The molecule has 0 unspecified atom stereocenters. The van der Waals surface area contributed by atoms with E-state index in [1.54, 1.807) is 0 Å². The second kappa shape index (κ2) is 10.3. The summed E-state index contributed by atoms with van der Waals surface area (Å²) in [7, 11) is 0. The summed E-state index contributed by atoms with van der Waals surface area (Å²) in [6.07, 6.45) is 2.48. The molecule has 1 aliphatic rings. The number of carbonyl (C=O) groups is 2. The van der Waals surface area contributed by atoms with Gasteiger partial charge in [-0.25, -0.2) is 4.79 Å². The van der Waals surface area contributed by atoms with Crippen LogP contribution >= 0.6 is 0 Å². The van der Waals surface area contributed by atoms with E-state index in [9.17, 15) is 9.59 Å². The lowest BCUT2D eigenvalue weighted by Gasteiger charge is -2.13. The molecule has 1 saturated carbocycles. The number of fused-ring (bicyclic) bond motifs is 1. The van der Waals surface area contributed by atoms with E-state index in [1.807, 2.05) is 84.3 Å². The van der Waals surface area contributed by atoms with Crippen molar-refractivity contribution < 1.29 is 19.1 Å². The molecule has 6 nitrogen and oxygen atoms in total. The van der Waals surface area contributed by atoms with Crippen LogP contribution in [0, 0.1) is 5.92 Å². The van der Waals surface area contributed by atoms with E-state index in [2.05, 4.69) is 5.32 Å². The first kappa shape index (κ1) is 23.7. The maximum absolute atomic E-state index is 13.4. The van der Waals surface area contributed by atoms with Crippen molar-refractivity contribution in [3.05, 3.63) is 84.1 Å². The van der Waals surface area contributed by atoms with E-state index in [-0.39, 0.29) is 18.5 Å². The molecule has 0 spiro atoms. The third-order valence-electron chi connectivity index (χ3n) is 6.33. The van der Waals surface area contributed by atoms with Crippen molar-refractivity contribution in [3.63, 3.8) is 0 Å². The fraction of sp³-hybridized carbons (Fsp3) is 0.267. The van der Waals surface area contributed by atoms with Crippen molar-refractivity contribution in [1.29, 1.82) is 0 Å². The molecule has 6 heteroatoms. The predicted molar refractivity (Wildman–Crippen MR) is 141 cm³/mol. The van der Waals surface area contributed by atoms with E-state index >= 15 is 0 Å². The highest BCUT2D eigenvalue weighted by molar-refractivity contribution is 6.09. The Morgan fingerprint density at radius 3 is 2.58 bits per heavy atom. The van der Waals surface area contributed by atoms with Crippen LogP contribution in [0.5, 0.6) is 5.75 Å². The van der Waals surface area contributed by atoms with Gasteiger partial charge >= 0.3 is 5.97 Å². The number of rotatable bonds is 9. The van der Waals surface area contributed by atoms with Crippen LogP contribution in [0.2, 0.25) is 0 Å². The maximum atomic E-state index is 13.4. The molecular weight excluding hydrogens is 452 g/mol. The summed E-state index contributed by atoms with van der Waals surface area (Å²) < 4.78 is 13.6. The highest BCUT2D eigenvalue weighted by Crippen LogP contribution is 2.37. The van der Waals surface area contributed by atoms with Crippen molar-refractivity contribution in [2.24, 2.45) is 5.92 Å². The Balaban J connectivity index is 1.62. The topological polar surface area (TPSA) is 69.6 Å². The first-order valence-corrected chi connectivity index (χ1v) is 12.4. The molecule has 1 amide bonds. The molecule has 36 heavy (non-hydrogen) atoms. The van der Waals surface area contributed by atoms with Crippen LogP contribution < -0.4 is 10.1 Å². The van der Waals surface area contributed by atoms with Crippen molar-refractivity contribution in [2.75, 3.05) is 18.5 Å². The van der Waals surface area contributed by atoms with Crippen LogP contribution in [-0.2, 0) is 16.1 Å². The molecule has 1 heterocycles. The molecule has 3 aromatic carbocycles. The van der Waals surface area contributed by atoms with Crippen molar-refractivity contribution >= 4 is 28.5 Å². The van der Waals surface area contributed by atoms with E-state index in [0.717, 1.165) is 39.9 Å². The average Bonchev–Trinajstić information content (AvgIpc) is 3.64. The average molecular weight is 483 g/mol. The summed E-state index contributed by atoms with van der Waals surface area (Å²) in [5, 5.41) is 3.78. The molecule has 0 bridgehead atoms. The van der Waals surface area contributed by atoms with Gasteiger partial charge in [-0.1, -0.05) is 42.5 Å². The molecule has 1 fully saturated rings. The zero-order valence-corrected chi connectivity index (χ0v) is 20.6. The van der Waals surface area contributed by atoms with Crippen molar-refractivity contribution in [2.45, 2.75) is 33.2 Å². The smallest absolute Gasteiger partial charge is 0.355 e. The molecule has 1 aliphatic carbocycles. The van der Waals surface area contributed by atoms with Gasteiger partial charge in [0.25, 0.3) is 0 Å². The van der Waals surface area contributed by atoms with Gasteiger partial charge in [0, 0.05) is 35.6 Å². The van der Waals surface area contributed by atoms with Crippen LogP contribution in [0.4, 0.5) is 5.69 Å². The molecule has 184 valence electrons. The number of ether oxygens (including phenoxy) is 2. The largest absolute Gasteiger partial charge is 0.493 e. The number of esters is 1. The van der Waals surface area contributed by atoms with Gasteiger partial charge in [0.2, 0.25) is 5.91 Å². The lowest BCUT2D eigenvalue weighted by molar-refractivity contribution is -0.114. The predicted octanol–water partition coefficient (Wildman–Crippen LogP) is 6.28. The normalized spacial score (nSPS) is 12.9. The monoisotopic (exact) mass is 482 g/mol. The number of benzene rings is 3. The Hall–Kier alpha value is -4.06. The van der Waals surface area contributed by atoms with Crippen LogP contribution in [0.1, 0.15) is 42.7 Å². The molecule has 1 N–H and O–H groups in total. The Bertz CT molecular complexity index is 1420. The van der Waals surface area contributed by atoms with Crippen LogP contribution in [0.25, 0.3) is 22.0 Å². The number of carbonyl (C=O) groups excluding carboxylic acids is 2. The number of para-hydroxylation sites is 1. The fourth-order valence-corrected chi connectivity index (χ4v) is 4.54. The maximum Gasteiger partial charge on any atom is 0.355 e. The molecule has 0 aliphatic heterocycles. The standard InChI is InChI=1S/C30H30N2O4/c1-3-35-30(34)29-28(23-9-7-10-24(17-23)31-20(2)33)26-12-4-5-13-27(26)32(29)18-22-8-6-11-25(16-22)36-19-21-14-15-21/h4-13,16-17,21H,3,14-15,18-19H2,1-2H3,(H,31,33). The molecule has 5 rings (SSSR count). The number of aromatic nitrogens is 1. The van der Waals surface area contributed by atoms with Gasteiger partial charge in [-0.3, -0.25) is 4.79 Å². The van der Waals surface area contributed by atoms with Gasteiger partial charge in [-0.15, -0.1) is 0 Å². The van der Waals surface area contributed by atoms with Gasteiger partial charge < -0.3 is 19.4 Å². The van der Waals surface area contributed by atoms with Crippen LogP contribution in [0.15, 0.2) is 72.8 Å². The third kappa shape index (κ3) is 5.13. The second-order valence-electron chi connectivity index (χ2n) is 9.21. The summed E-state index contributed by atoms with van der Waals surface area (Å²) >= 11 is 0. The minimum absolute atomic E-state index is 0.149. The number of hydrogen-bond acceptors (Lipinski definition) is 4. The number of nitrogens with zero attached hydrogens (tertiary/aromatic N) is 1. The minimum Gasteiger partial charge on any atom is -0.493 e. The van der Waals surface area contributed by atoms with Crippen molar-refractivity contribution in [3.8, 4) is 16.9 Å². The molecule has 0 atom stereocenters. The van der Waals surface area contributed by atoms with E-state index in [4.69, 9.17) is 9.47 Å². The highest BCUT2D eigenvalue weighted by atomic mass is 16.5. The van der Waals surface area contributed by atoms with Gasteiger partial charge in [0.1, 0.15) is 11.4 Å². The molecule has 4 aromatic rings. The zero-order chi connectivity index (χ0) is 25.1. The summed E-state index contributed by atoms with van der Waals surface area (Å²) in [6, 6.07) is 23.6. The number of anilines is 1. The Kier molecular flexibility index (Phi) is 6.76. The number of hydrogen-bond donors (Lipinski definition) is 1. The quantitative estimate of drug-likeness (QED) is 0.285. The highest BCUT2D eigenvalue weighted by Gasteiger charge is 2.25. The van der Waals surface area contributed by atoms with E-state index in [1.165, 1.54) is 19.8 Å². The number of amides is 1. The van der Waals surface area contributed by atoms with Gasteiger partial charge in [0.15, 0.2) is 0 Å². The van der Waals surface area contributed by atoms with E-state index in [0.29, 0.717) is 23.8 Å². The fourth-order valence-electron chi connectivity index (χ4n) is 4.54. The zero-order valence-electron chi connectivity index (χ0n) is 20.6. The Morgan fingerprint density at radius 1 is 1.00 bits per heavy atom. The second-order valence-corrected chi connectivity index (χ2v) is 9.21. The van der Waals surface area contributed by atoms with Crippen LogP contribution in [0.3, 0.4) is 0 Å². The lowest BCUT2D eigenvalue weighted by atomic mass is 10.0. The molecule has 1 aromatic heterocycles. The van der Waals surface area contributed by atoms with E-state index < -0.39 is 0 Å². The first-order chi connectivity index (χ1) is 17.5. The molecule has 0 radical (unpaired) electrons. The Labute approximate surface area is 210 Å². The molecular formula is C30H30N2O4. The van der Waals surface area contributed by atoms with Crippen molar-refractivity contribution in [1.82, 2.24) is 4.57 Å². The lowest BCUT2D eigenvalue weighted by Crippen LogP contribution is -2.14. The summed E-state index contributed by atoms with van der Waals surface area (Å²) in [5.41, 5.74) is 4.76.